The van der Waals surface area contributed by atoms with E-state index >= 15 is 0 Å². The number of hydrogen-bond acceptors (Lipinski definition) is 6. The predicted molar refractivity (Wildman–Crippen MR) is 140 cm³/mol. The van der Waals surface area contributed by atoms with Gasteiger partial charge in [0.2, 0.25) is 15.9 Å². The highest BCUT2D eigenvalue weighted by atomic mass is 32.2. The largest absolute Gasteiger partial charge is 0.352 e. The molecule has 8 nitrogen and oxygen atoms in total. The summed E-state index contributed by atoms with van der Waals surface area (Å²) in [5, 5.41) is 15.2. The van der Waals surface area contributed by atoms with Crippen molar-refractivity contribution in [2.45, 2.75) is 63.4 Å². The molecule has 2 heterocycles. The maximum atomic E-state index is 13.2. The normalized spacial score (nSPS) is 17.9. The van der Waals surface area contributed by atoms with Crippen LogP contribution in [-0.4, -0.2) is 49.7 Å². The molecule has 2 atom stereocenters. The Morgan fingerprint density at radius 3 is 2.60 bits per heavy atom. The van der Waals surface area contributed by atoms with Crippen molar-refractivity contribution in [3.8, 4) is 6.07 Å². The molecule has 2 N–H and O–H groups in total. The van der Waals surface area contributed by atoms with Crippen molar-refractivity contribution in [1.82, 2.24) is 14.9 Å². The highest BCUT2D eigenvalue weighted by Gasteiger charge is 2.31. The topological polar surface area (TPSA) is 119 Å². The van der Waals surface area contributed by atoms with Gasteiger partial charge in [-0.1, -0.05) is 26.0 Å². The molecule has 10 heteroatoms. The molecule has 1 aliphatic rings. The molecule has 192 valence electrons. The summed E-state index contributed by atoms with van der Waals surface area (Å²) in [5.41, 5.74) is 0.120. The highest BCUT2D eigenvalue weighted by molar-refractivity contribution is 7.89. The van der Waals surface area contributed by atoms with Gasteiger partial charge in [0.15, 0.2) is 0 Å². The number of amides is 2. The van der Waals surface area contributed by atoms with Crippen LogP contribution in [0.1, 0.15) is 62.5 Å². The molecule has 1 aliphatic heterocycles. The summed E-state index contributed by atoms with van der Waals surface area (Å²) in [6, 6.07) is 10.9. The van der Waals surface area contributed by atoms with Crippen molar-refractivity contribution < 1.29 is 20.9 Å². The van der Waals surface area contributed by atoms with Gasteiger partial charge >= 0.3 is 0 Å². The van der Waals surface area contributed by atoms with E-state index in [2.05, 4.69) is 10.6 Å². The van der Waals surface area contributed by atoms with Crippen LogP contribution in [0, 0.1) is 24.2 Å². The molecule has 0 bridgehead atoms. The second kappa shape index (κ2) is 11.8. The minimum absolute atomic E-state index is 0. The van der Waals surface area contributed by atoms with E-state index in [0.717, 1.165) is 4.88 Å². The van der Waals surface area contributed by atoms with Gasteiger partial charge < -0.3 is 10.6 Å². The molecule has 1 saturated heterocycles. The lowest BCUT2D eigenvalue weighted by Crippen LogP contribution is -2.50. The van der Waals surface area contributed by atoms with Crippen molar-refractivity contribution in [3.05, 3.63) is 51.7 Å². The molecule has 35 heavy (non-hydrogen) atoms. The van der Waals surface area contributed by atoms with Crippen LogP contribution in [0.15, 0.2) is 41.3 Å². The summed E-state index contributed by atoms with van der Waals surface area (Å²) in [7, 11) is -3.81. The molecule has 0 unspecified atom stereocenters. The first-order chi connectivity index (χ1) is 16.6. The molecule has 2 aromatic rings. The van der Waals surface area contributed by atoms with Gasteiger partial charge in [-0.05, 0) is 62.8 Å². The first-order valence-electron chi connectivity index (χ1n) is 11.8. The Kier molecular flexibility index (Phi) is 9.05. The lowest BCUT2D eigenvalue weighted by molar-refractivity contribution is -0.124. The zero-order valence-electron chi connectivity index (χ0n) is 20.3. The maximum Gasteiger partial charge on any atom is 0.262 e. The van der Waals surface area contributed by atoms with E-state index in [0.29, 0.717) is 37.1 Å². The van der Waals surface area contributed by atoms with Gasteiger partial charge in [-0.2, -0.15) is 9.57 Å². The van der Waals surface area contributed by atoms with Crippen molar-refractivity contribution in [2.24, 2.45) is 5.92 Å². The Morgan fingerprint density at radius 1 is 1.20 bits per heavy atom. The van der Waals surface area contributed by atoms with E-state index in [4.69, 9.17) is 0 Å². The smallest absolute Gasteiger partial charge is 0.262 e. The molecule has 0 aliphatic carbocycles. The number of rotatable bonds is 8. The van der Waals surface area contributed by atoms with E-state index in [1.54, 1.807) is 18.2 Å². The van der Waals surface area contributed by atoms with Crippen LogP contribution in [0.25, 0.3) is 0 Å². The second-order valence-electron chi connectivity index (χ2n) is 9.21. The first-order valence-corrected chi connectivity index (χ1v) is 14.0. The molecule has 0 saturated carbocycles. The summed E-state index contributed by atoms with van der Waals surface area (Å²) < 4.78 is 27.7. The Bertz CT molecular complexity index is 1210. The van der Waals surface area contributed by atoms with E-state index in [1.807, 2.05) is 32.9 Å². The number of hydrogen-bond donors (Lipinski definition) is 2. The SMILES string of the molecule is Cc1ccc(C(=O)N[C@@H](CC(C)C)C(=O)N[C@@H]2CCCN(S(=O)(=O)c3ccccc3C#N)CC2)s1.[HH].[HH]. The van der Waals surface area contributed by atoms with Crippen LogP contribution in [0.2, 0.25) is 0 Å². The number of nitrogens with zero attached hydrogens (tertiary/aromatic N) is 2. The van der Waals surface area contributed by atoms with Crippen LogP contribution in [0.4, 0.5) is 0 Å². The zero-order valence-corrected chi connectivity index (χ0v) is 21.9. The molecule has 1 aromatic carbocycles. The van der Waals surface area contributed by atoms with Crippen LogP contribution in [0.3, 0.4) is 0 Å². The quantitative estimate of drug-likeness (QED) is 0.547. The standard InChI is InChI=1S/C25H32N4O4S2.2H2/c1-17(2)15-21(28-25(31)22-11-10-18(3)34-22)24(30)27-20-8-6-13-29(14-12-20)35(32,33)23-9-5-4-7-19(23)16-26;;/h4-5,7,9-11,17,20-21H,6,8,12-15H2,1-3H3,(H,27,30)(H,28,31);2*1H/t20-,21+;;/m1../s1. The number of carbonyl (C=O) groups excluding carboxylic acids is 2. The third-order valence-corrected chi connectivity index (χ3v) is 8.91. The van der Waals surface area contributed by atoms with Crippen molar-refractivity contribution in [3.63, 3.8) is 0 Å². The van der Waals surface area contributed by atoms with Gasteiger partial charge in [0.25, 0.3) is 5.91 Å². The second-order valence-corrected chi connectivity index (χ2v) is 12.4. The average Bonchev–Trinajstić information content (AvgIpc) is 3.12. The van der Waals surface area contributed by atoms with Crippen molar-refractivity contribution >= 4 is 33.2 Å². The monoisotopic (exact) mass is 520 g/mol. The molecular formula is C25H36N4O4S2. The van der Waals surface area contributed by atoms with Gasteiger partial charge in [-0.15, -0.1) is 11.3 Å². The number of sulfonamides is 1. The third kappa shape index (κ3) is 6.90. The van der Waals surface area contributed by atoms with Gasteiger partial charge in [-0.3, -0.25) is 9.59 Å². The van der Waals surface area contributed by atoms with Gasteiger partial charge in [-0.25, -0.2) is 8.42 Å². The minimum atomic E-state index is -3.81. The average molecular weight is 521 g/mol. The number of thiophene rings is 1. The molecule has 1 fully saturated rings. The fraction of sp³-hybridized carbons (Fsp3) is 0.480. The molecule has 3 rings (SSSR count). The highest BCUT2D eigenvalue weighted by Crippen LogP contribution is 2.23. The Hall–Kier alpha value is -2.74. The van der Waals surface area contributed by atoms with E-state index in [1.165, 1.54) is 27.8 Å². The minimum Gasteiger partial charge on any atom is -0.352 e. The summed E-state index contributed by atoms with van der Waals surface area (Å²) in [6.07, 6.45) is 2.16. The molecule has 0 spiro atoms. The number of benzene rings is 1. The Balaban J connectivity index is 0.00000342. The van der Waals surface area contributed by atoms with Gasteiger partial charge in [0.1, 0.15) is 12.1 Å². The lowest BCUT2D eigenvalue weighted by atomic mass is 10.0. The van der Waals surface area contributed by atoms with Gasteiger partial charge in [0, 0.05) is 26.9 Å². The zero-order chi connectivity index (χ0) is 25.6. The van der Waals surface area contributed by atoms with Crippen LogP contribution in [0.5, 0.6) is 0 Å². The Morgan fingerprint density at radius 2 is 1.94 bits per heavy atom. The van der Waals surface area contributed by atoms with Crippen LogP contribution < -0.4 is 10.6 Å². The van der Waals surface area contributed by atoms with Gasteiger partial charge in [0.05, 0.1) is 15.3 Å². The fourth-order valence-electron chi connectivity index (χ4n) is 4.17. The molecule has 0 radical (unpaired) electrons. The maximum absolute atomic E-state index is 13.2. The fourth-order valence-corrected chi connectivity index (χ4v) is 6.57. The van der Waals surface area contributed by atoms with Crippen LogP contribution >= 0.6 is 11.3 Å². The molecular weight excluding hydrogens is 484 g/mol. The van der Waals surface area contributed by atoms with Crippen molar-refractivity contribution in [2.75, 3.05) is 13.1 Å². The van der Waals surface area contributed by atoms with Crippen LogP contribution in [-0.2, 0) is 14.8 Å². The summed E-state index contributed by atoms with van der Waals surface area (Å²) >= 11 is 1.38. The van der Waals surface area contributed by atoms with E-state index in [-0.39, 0.29) is 43.6 Å². The summed E-state index contributed by atoms with van der Waals surface area (Å²) in [4.78, 5) is 27.4. The Labute approximate surface area is 214 Å². The number of nitriles is 1. The summed E-state index contributed by atoms with van der Waals surface area (Å²) in [6.45, 7) is 6.47. The lowest BCUT2D eigenvalue weighted by Gasteiger charge is -2.24. The molecule has 2 amide bonds. The van der Waals surface area contributed by atoms with E-state index in [9.17, 15) is 23.3 Å². The third-order valence-electron chi connectivity index (χ3n) is 5.95. The van der Waals surface area contributed by atoms with E-state index < -0.39 is 16.1 Å². The molecule has 1 aromatic heterocycles. The van der Waals surface area contributed by atoms with Crippen molar-refractivity contribution in [1.29, 1.82) is 5.26 Å². The summed E-state index contributed by atoms with van der Waals surface area (Å²) in [5.74, 6) is -0.319. The predicted octanol–water partition coefficient (Wildman–Crippen LogP) is 3.92. The number of nitrogens with one attached hydrogen (secondary N) is 2. The number of aryl methyl sites for hydroxylation is 1. The number of carbonyl (C=O) groups is 2. The first kappa shape index (κ1) is 26.9.